The summed E-state index contributed by atoms with van der Waals surface area (Å²) < 4.78 is 16.6. The first-order chi connectivity index (χ1) is 13.6. The Morgan fingerprint density at radius 2 is 2.14 bits per heavy atom. The van der Waals surface area contributed by atoms with Crippen molar-refractivity contribution in [3.05, 3.63) is 45.1 Å². The third-order valence-corrected chi connectivity index (χ3v) is 4.93. The molecule has 2 rings (SSSR count). The van der Waals surface area contributed by atoms with Crippen molar-refractivity contribution in [1.29, 1.82) is 5.26 Å². The molecule has 0 spiro atoms. The largest absolute Gasteiger partial charge is 0.493 e. The molecule has 28 heavy (non-hydrogen) atoms. The molecular weight excluding hydrogens is 400 g/mol. The van der Waals surface area contributed by atoms with Gasteiger partial charge in [-0.15, -0.1) is 17.8 Å². The lowest BCUT2D eigenvalue weighted by Gasteiger charge is -2.15. The van der Waals surface area contributed by atoms with Crippen LogP contribution in [-0.2, 0) is 16.0 Å². The number of ether oxygens (including phenoxy) is 3. The molecule has 1 aromatic carbocycles. The molecule has 0 radical (unpaired) electrons. The van der Waals surface area contributed by atoms with Crippen LogP contribution in [0.25, 0.3) is 0 Å². The lowest BCUT2D eigenvalue weighted by molar-refractivity contribution is -0.132. The van der Waals surface area contributed by atoms with Crippen LogP contribution in [-0.4, -0.2) is 32.8 Å². The number of amides is 1. The molecule has 1 amide bonds. The van der Waals surface area contributed by atoms with E-state index in [1.807, 2.05) is 18.2 Å². The molecule has 1 N–H and O–H groups in total. The van der Waals surface area contributed by atoms with Crippen molar-refractivity contribution < 1.29 is 19.0 Å². The van der Waals surface area contributed by atoms with Gasteiger partial charge in [-0.3, -0.25) is 4.79 Å². The van der Waals surface area contributed by atoms with E-state index in [-0.39, 0.29) is 19.1 Å². The van der Waals surface area contributed by atoms with Crippen LogP contribution in [0.15, 0.2) is 30.3 Å². The summed E-state index contributed by atoms with van der Waals surface area (Å²) in [6, 6.07) is 10.8. The molecule has 1 aromatic heterocycles. The van der Waals surface area contributed by atoms with Gasteiger partial charge in [-0.2, -0.15) is 5.26 Å². The van der Waals surface area contributed by atoms with E-state index < -0.39 is 6.10 Å². The summed E-state index contributed by atoms with van der Waals surface area (Å²) in [7, 11) is 1.53. The zero-order valence-corrected chi connectivity index (χ0v) is 16.8. The van der Waals surface area contributed by atoms with Crippen molar-refractivity contribution >= 4 is 28.8 Å². The Morgan fingerprint density at radius 1 is 1.32 bits per heavy atom. The van der Waals surface area contributed by atoms with Gasteiger partial charge in [0.15, 0.2) is 24.2 Å². The number of nitrogens with one attached hydrogen (secondary N) is 1. The number of rotatable bonds is 10. The maximum atomic E-state index is 12.5. The molecule has 0 aliphatic rings. The normalized spacial score (nSPS) is 11.1. The first-order valence-electron chi connectivity index (χ1n) is 8.33. The summed E-state index contributed by atoms with van der Waals surface area (Å²) in [5, 5.41) is 11.5. The van der Waals surface area contributed by atoms with Gasteiger partial charge in [-0.1, -0.05) is 23.6 Å². The molecule has 0 saturated carbocycles. The fourth-order valence-corrected chi connectivity index (χ4v) is 3.52. The summed E-state index contributed by atoms with van der Waals surface area (Å²) >= 11 is 7.23. The van der Waals surface area contributed by atoms with Crippen LogP contribution < -0.4 is 14.8 Å². The van der Waals surface area contributed by atoms with Crippen LogP contribution in [0.3, 0.4) is 0 Å². The van der Waals surface area contributed by atoms with Crippen molar-refractivity contribution in [3.63, 3.8) is 0 Å². The summed E-state index contributed by atoms with van der Waals surface area (Å²) in [6.45, 7) is 0.363. The second-order valence-electron chi connectivity index (χ2n) is 5.51. The molecule has 1 heterocycles. The van der Waals surface area contributed by atoms with Gasteiger partial charge >= 0.3 is 0 Å². The third kappa shape index (κ3) is 6.17. The molecule has 1 atom stereocenters. The molecule has 0 aliphatic heterocycles. The van der Waals surface area contributed by atoms with Crippen LogP contribution in [0.1, 0.15) is 16.5 Å². The minimum atomic E-state index is -0.801. The van der Waals surface area contributed by atoms with E-state index in [1.165, 1.54) is 18.4 Å². The standard InChI is InChI=1S/C20H19ClN2O4S/c1-3-11-27-19(17-6-7-18(21)28-17)20(24)23-10-8-14-4-5-15(26-12-9-22)16(13-14)25-2/h1,4-7,13,19H,8,10-12H2,2H3,(H,23,24). The molecule has 0 fully saturated rings. The molecule has 2 aromatic rings. The van der Waals surface area contributed by atoms with Crippen molar-refractivity contribution in [1.82, 2.24) is 5.32 Å². The first kappa shape index (κ1) is 21.6. The van der Waals surface area contributed by atoms with Crippen LogP contribution in [0.5, 0.6) is 11.5 Å². The number of thiophene rings is 1. The number of nitriles is 1. The Labute approximate surface area is 173 Å². The number of hydrogen-bond acceptors (Lipinski definition) is 6. The second-order valence-corrected chi connectivity index (χ2v) is 7.26. The highest BCUT2D eigenvalue weighted by Crippen LogP contribution is 2.30. The predicted octanol–water partition coefficient (Wildman–Crippen LogP) is 3.36. The van der Waals surface area contributed by atoms with Crippen LogP contribution in [0.2, 0.25) is 4.34 Å². The molecular formula is C20H19ClN2O4S. The molecule has 146 valence electrons. The van der Waals surface area contributed by atoms with E-state index >= 15 is 0 Å². The van der Waals surface area contributed by atoms with Gasteiger partial charge in [-0.25, -0.2) is 0 Å². The fourth-order valence-electron chi connectivity index (χ4n) is 2.41. The van der Waals surface area contributed by atoms with Crippen molar-refractivity contribution in [3.8, 4) is 29.9 Å². The van der Waals surface area contributed by atoms with E-state index in [0.717, 1.165) is 5.56 Å². The van der Waals surface area contributed by atoms with Gasteiger partial charge in [0.1, 0.15) is 12.7 Å². The van der Waals surface area contributed by atoms with Gasteiger partial charge in [-0.05, 0) is 36.2 Å². The monoisotopic (exact) mass is 418 g/mol. The predicted molar refractivity (Wildman–Crippen MR) is 108 cm³/mol. The Bertz CT molecular complexity index is 885. The molecule has 0 aliphatic carbocycles. The quantitative estimate of drug-likeness (QED) is 0.598. The summed E-state index contributed by atoms with van der Waals surface area (Å²) in [4.78, 5) is 13.2. The number of carbonyl (C=O) groups excluding carboxylic acids is 1. The van der Waals surface area contributed by atoms with E-state index in [9.17, 15) is 4.79 Å². The summed E-state index contributed by atoms with van der Waals surface area (Å²) in [5.74, 6) is 3.11. The molecule has 0 bridgehead atoms. The molecule has 6 nitrogen and oxygen atoms in total. The van der Waals surface area contributed by atoms with Crippen molar-refractivity contribution in [2.75, 3.05) is 26.9 Å². The Kier molecular flexibility index (Phi) is 8.64. The smallest absolute Gasteiger partial charge is 0.254 e. The van der Waals surface area contributed by atoms with Crippen LogP contribution in [0.4, 0.5) is 0 Å². The van der Waals surface area contributed by atoms with E-state index in [2.05, 4.69) is 11.2 Å². The number of benzene rings is 1. The SMILES string of the molecule is C#CCOC(C(=O)NCCc1ccc(OCC#N)c(OC)c1)c1ccc(Cl)s1. The lowest BCUT2D eigenvalue weighted by Crippen LogP contribution is -2.32. The highest BCUT2D eigenvalue weighted by atomic mass is 35.5. The number of nitrogens with zero attached hydrogens (tertiary/aromatic N) is 1. The number of methoxy groups -OCH3 is 1. The minimum absolute atomic E-state index is 0.0228. The van der Waals surface area contributed by atoms with Gasteiger partial charge in [0.25, 0.3) is 5.91 Å². The van der Waals surface area contributed by atoms with Gasteiger partial charge in [0, 0.05) is 11.4 Å². The zero-order chi connectivity index (χ0) is 20.4. The highest BCUT2D eigenvalue weighted by molar-refractivity contribution is 7.16. The fraction of sp³-hybridized carbons (Fsp3) is 0.300. The van der Waals surface area contributed by atoms with E-state index in [0.29, 0.717) is 33.7 Å². The number of halogens is 1. The number of hydrogen-bond donors (Lipinski definition) is 1. The zero-order valence-electron chi connectivity index (χ0n) is 15.2. The number of terminal acetylenes is 1. The van der Waals surface area contributed by atoms with Crippen LogP contribution in [0, 0.1) is 23.7 Å². The number of carbonyl (C=O) groups is 1. The maximum absolute atomic E-state index is 12.5. The Balaban J connectivity index is 1.96. The van der Waals surface area contributed by atoms with Crippen molar-refractivity contribution in [2.45, 2.75) is 12.5 Å². The average molecular weight is 419 g/mol. The Hall–Kier alpha value is -2.71. The van der Waals surface area contributed by atoms with Gasteiger partial charge in [0.05, 0.1) is 11.4 Å². The molecule has 1 unspecified atom stereocenters. The molecule has 8 heteroatoms. The molecule has 0 saturated heterocycles. The maximum Gasteiger partial charge on any atom is 0.254 e. The van der Waals surface area contributed by atoms with E-state index in [1.54, 1.807) is 18.2 Å². The van der Waals surface area contributed by atoms with E-state index in [4.69, 9.17) is 37.5 Å². The van der Waals surface area contributed by atoms with Gasteiger partial charge < -0.3 is 19.5 Å². The topological polar surface area (TPSA) is 80.6 Å². The Morgan fingerprint density at radius 3 is 2.79 bits per heavy atom. The second kappa shape index (κ2) is 11.2. The average Bonchev–Trinajstić information content (AvgIpc) is 3.13. The van der Waals surface area contributed by atoms with Crippen molar-refractivity contribution in [2.24, 2.45) is 0 Å². The third-order valence-electron chi connectivity index (χ3n) is 3.66. The summed E-state index contributed by atoms with van der Waals surface area (Å²) in [6.07, 6.45) is 5.01. The summed E-state index contributed by atoms with van der Waals surface area (Å²) in [5.41, 5.74) is 0.946. The first-order valence-corrected chi connectivity index (χ1v) is 9.53. The van der Waals surface area contributed by atoms with Crippen LogP contribution >= 0.6 is 22.9 Å². The lowest BCUT2D eigenvalue weighted by atomic mass is 10.1. The van der Waals surface area contributed by atoms with Gasteiger partial charge in [0.2, 0.25) is 0 Å². The minimum Gasteiger partial charge on any atom is -0.493 e. The highest BCUT2D eigenvalue weighted by Gasteiger charge is 2.22.